The Hall–Kier alpha value is -0.910. The van der Waals surface area contributed by atoms with E-state index in [2.05, 4.69) is 18.6 Å². The van der Waals surface area contributed by atoms with Gasteiger partial charge >= 0.3 is 0 Å². The van der Waals surface area contributed by atoms with Crippen molar-refractivity contribution in [2.45, 2.75) is 52.0 Å². The minimum Gasteiger partial charge on any atom is -0.327 e. The molecule has 0 fully saturated rings. The van der Waals surface area contributed by atoms with E-state index in [0.29, 0.717) is 10.8 Å². The molecule has 3 N–H and O–H groups in total. The third-order valence-electron chi connectivity index (χ3n) is 3.18. The van der Waals surface area contributed by atoms with Crippen molar-refractivity contribution in [3.8, 4) is 0 Å². The molecule has 4 nitrogen and oxygen atoms in total. The lowest BCUT2D eigenvalue weighted by atomic mass is 10.1. The molecule has 0 amide bonds. The van der Waals surface area contributed by atoms with Crippen LogP contribution in [0, 0.1) is 26.7 Å². The van der Waals surface area contributed by atoms with Gasteiger partial charge in [-0.15, -0.1) is 0 Å². The summed E-state index contributed by atoms with van der Waals surface area (Å²) in [6.07, 6.45) is 0.800. The van der Waals surface area contributed by atoms with Crippen molar-refractivity contribution in [1.29, 1.82) is 0 Å². The standard InChI is InChI=1S/C15H26N2O2S/c1-10(2)6-14(16)9-17-20(18,19)15-12(4)7-11(3)8-13(15)5/h7-8,10,14,17H,6,9,16H2,1-5H3. The summed E-state index contributed by atoms with van der Waals surface area (Å²) >= 11 is 0. The number of nitrogens with two attached hydrogens (primary N) is 1. The van der Waals surface area contributed by atoms with Crippen LogP contribution in [-0.2, 0) is 10.0 Å². The van der Waals surface area contributed by atoms with E-state index in [1.54, 1.807) is 0 Å². The monoisotopic (exact) mass is 298 g/mol. The summed E-state index contributed by atoms with van der Waals surface area (Å²) in [5.74, 6) is 0.456. The van der Waals surface area contributed by atoms with Crippen molar-refractivity contribution >= 4 is 10.0 Å². The third-order valence-corrected chi connectivity index (χ3v) is 4.91. The molecule has 0 saturated heterocycles. The number of nitrogens with one attached hydrogen (secondary N) is 1. The van der Waals surface area contributed by atoms with Crippen molar-refractivity contribution in [2.24, 2.45) is 11.7 Å². The summed E-state index contributed by atoms with van der Waals surface area (Å²) in [4.78, 5) is 0.375. The second-order valence-electron chi connectivity index (χ2n) is 5.97. The Bertz CT molecular complexity index is 542. The average Bonchev–Trinajstić information content (AvgIpc) is 2.23. The first-order chi connectivity index (χ1) is 9.13. The Balaban J connectivity index is 2.90. The molecule has 1 aromatic carbocycles. The van der Waals surface area contributed by atoms with Gasteiger partial charge in [0.1, 0.15) is 0 Å². The van der Waals surface area contributed by atoms with E-state index in [4.69, 9.17) is 5.73 Å². The molecule has 20 heavy (non-hydrogen) atoms. The highest BCUT2D eigenvalue weighted by Crippen LogP contribution is 2.21. The molecule has 0 heterocycles. The van der Waals surface area contributed by atoms with Gasteiger partial charge in [0.25, 0.3) is 0 Å². The van der Waals surface area contributed by atoms with Gasteiger partial charge in [0.15, 0.2) is 0 Å². The molecule has 1 atom stereocenters. The van der Waals surface area contributed by atoms with Crippen molar-refractivity contribution < 1.29 is 8.42 Å². The van der Waals surface area contributed by atoms with E-state index in [9.17, 15) is 8.42 Å². The molecule has 114 valence electrons. The molecule has 0 aliphatic rings. The van der Waals surface area contributed by atoms with Crippen LogP contribution in [0.4, 0.5) is 0 Å². The van der Waals surface area contributed by atoms with Crippen LogP contribution in [0.15, 0.2) is 17.0 Å². The Morgan fingerprint density at radius 2 is 1.65 bits per heavy atom. The molecule has 0 aliphatic heterocycles. The van der Waals surface area contributed by atoms with Crippen LogP contribution in [0.5, 0.6) is 0 Å². The number of hydrogen-bond acceptors (Lipinski definition) is 3. The van der Waals surface area contributed by atoms with E-state index in [1.807, 2.05) is 32.9 Å². The molecule has 1 aromatic rings. The highest BCUT2D eigenvalue weighted by atomic mass is 32.2. The summed E-state index contributed by atoms with van der Waals surface area (Å²) in [5.41, 5.74) is 8.54. The predicted molar refractivity (Wildman–Crippen MR) is 83.3 cm³/mol. The summed E-state index contributed by atoms with van der Waals surface area (Å²) in [5, 5.41) is 0. The van der Waals surface area contributed by atoms with Gasteiger partial charge in [-0.1, -0.05) is 31.5 Å². The first-order valence-electron chi connectivity index (χ1n) is 6.96. The topological polar surface area (TPSA) is 72.2 Å². The van der Waals surface area contributed by atoms with Gasteiger partial charge in [-0.05, 0) is 44.2 Å². The van der Waals surface area contributed by atoms with Crippen molar-refractivity contribution in [2.75, 3.05) is 6.54 Å². The fourth-order valence-electron chi connectivity index (χ4n) is 2.57. The quantitative estimate of drug-likeness (QED) is 0.846. The Labute approximate surface area is 122 Å². The second kappa shape index (κ2) is 6.70. The maximum absolute atomic E-state index is 12.4. The van der Waals surface area contributed by atoms with Crippen LogP contribution in [-0.4, -0.2) is 21.0 Å². The van der Waals surface area contributed by atoms with Gasteiger partial charge in [0, 0.05) is 12.6 Å². The highest BCUT2D eigenvalue weighted by Gasteiger charge is 2.20. The Morgan fingerprint density at radius 3 is 2.10 bits per heavy atom. The molecule has 0 aromatic heterocycles. The zero-order valence-corrected chi connectivity index (χ0v) is 13.8. The van der Waals surface area contributed by atoms with Crippen LogP contribution in [0.1, 0.15) is 37.0 Å². The minimum atomic E-state index is -3.50. The molecular weight excluding hydrogens is 272 g/mol. The van der Waals surface area contributed by atoms with Gasteiger partial charge < -0.3 is 5.73 Å². The van der Waals surface area contributed by atoms with Crippen LogP contribution in [0.25, 0.3) is 0 Å². The van der Waals surface area contributed by atoms with Crippen LogP contribution < -0.4 is 10.5 Å². The molecular formula is C15H26N2O2S. The third kappa shape index (κ3) is 4.58. The number of rotatable bonds is 6. The highest BCUT2D eigenvalue weighted by molar-refractivity contribution is 7.89. The SMILES string of the molecule is Cc1cc(C)c(S(=O)(=O)NCC(N)CC(C)C)c(C)c1. The Kier molecular flexibility index (Phi) is 5.74. The van der Waals surface area contributed by atoms with Crippen molar-refractivity contribution in [3.63, 3.8) is 0 Å². The van der Waals surface area contributed by atoms with Gasteiger partial charge in [-0.25, -0.2) is 13.1 Å². The van der Waals surface area contributed by atoms with Crippen LogP contribution in [0.2, 0.25) is 0 Å². The van der Waals surface area contributed by atoms with Crippen LogP contribution >= 0.6 is 0 Å². The molecule has 0 radical (unpaired) electrons. The van der Waals surface area contributed by atoms with Crippen molar-refractivity contribution in [1.82, 2.24) is 4.72 Å². The zero-order valence-electron chi connectivity index (χ0n) is 13.0. The fourth-order valence-corrected chi connectivity index (χ4v) is 4.11. The fraction of sp³-hybridized carbons (Fsp3) is 0.600. The number of hydrogen-bond donors (Lipinski definition) is 2. The van der Waals surface area contributed by atoms with E-state index in [1.165, 1.54) is 0 Å². The predicted octanol–water partition coefficient (Wildman–Crippen LogP) is 2.26. The molecule has 0 aliphatic carbocycles. The molecule has 0 bridgehead atoms. The normalized spacial score (nSPS) is 13.8. The zero-order chi connectivity index (χ0) is 15.5. The minimum absolute atomic E-state index is 0.157. The summed E-state index contributed by atoms with van der Waals surface area (Å²) in [6.45, 7) is 10.0. The maximum atomic E-state index is 12.4. The van der Waals surface area contributed by atoms with Gasteiger partial charge in [-0.3, -0.25) is 0 Å². The first kappa shape index (κ1) is 17.1. The summed E-state index contributed by atoms with van der Waals surface area (Å²) < 4.78 is 27.4. The number of sulfonamides is 1. The van der Waals surface area contributed by atoms with E-state index in [-0.39, 0.29) is 12.6 Å². The maximum Gasteiger partial charge on any atom is 0.241 e. The lowest BCUT2D eigenvalue weighted by Crippen LogP contribution is -2.38. The summed E-state index contributed by atoms with van der Waals surface area (Å²) in [6, 6.07) is 3.61. The Morgan fingerprint density at radius 1 is 1.15 bits per heavy atom. The first-order valence-corrected chi connectivity index (χ1v) is 8.45. The smallest absolute Gasteiger partial charge is 0.241 e. The molecule has 1 rings (SSSR count). The van der Waals surface area contributed by atoms with E-state index < -0.39 is 10.0 Å². The van der Waals surface area contributed by atoms with Gasteiger partial charge in [0.05, 0.1) is 4.90 Å². The van der Waals surface area contributed by atoms with E-state index in [0.717, 1.165) is 23.1 Å². The van der Waals surface area contributed by atoms with E-state index >= 15 is 0 Å². The van der Waals surface area contributed by atoms with Gasteiger partial charge in [-0.2, -0.15) is 0 Å². The number of aryl methyl sites for hydroxylation is 3. The van der Waals surface area contributed by atoms with Crippen LogP contribution in [0.3, 0.4) is 0 Å². The largest absolute Gasteiger partial charge is 0.327 e. The van der Waals surface area contributed by atoms with Gasteiger partial charge in [0.2, 0.25) is 10.0 Å². The number of benzene rings is 1. The van der Waals surface area contributed by atoms with Crippen molar-refractivity contribution in [3.05, 3.63) is 28.8 Å². The molecule has 5 heteroatoms. The summed E-state index contributed by atoms with van der Waals surface area (Å²) in [7, 11) is -3.50. The molecule has 1 unspecified atom stereocenters. The molecule has 0 saturated carbocycles. The lowest BCUT2D eigenvalue weighted by molar-refractivity contribution is 0.485. The second-order valence-corrected chi connectivity index (χ2v) is 7.67. The average molecular weight is 298 g/mol. The lowest BCUT2D eigenvalue weighted by Gasteiger charge is -2.17. The molecule has 0 spiro atoms.